The third-order valence-electron chi connectivity index (χ3n) is 7.78. The van der Waals surface area contributed by atoms with Gasteiger partial charge in [0.15, 0.2) is 5.78 Å². The number of aliphatic hydroxyl groups is 1. The van der Waals surface area contributed by atoms with Crippen LogP contribution in [0.3, 0.4) is 0 Å². The van der Waals surface area contributed by atoms with Gasteiger partial charge in [0, 0.05) is 53.0 Å². The molecule has 0 unspecified atom stereocenters. The van der Waals surface area contributed by atoms with Gasteiger partial charge in [-0.05, 0) is 45.0 Å². The van der Waals surface area contributed by atoms with Crippen molar-refractivity contribution in [3.05, 3.63) is 109 Å². The van der Waals surface area contributed by atoms with Crippen LogP contribution >= 0.6 is 23.5 Å². The molecule has 0 atom stereocenters. The molecule has 0 bridgehead atoms. The monoisotopic (exact) mass is 806 g/mol. The van der Waals surface area contributed by atoms with Gasteiger partial charge in [-0.15, -0.1) is 41.0 Å². The van der Waals surface area contributed by atoms with Gasteiger partial charge in [0.2, 0.25) is 6.71 Å². The van der Waals surface area contributed by atoms with E-state index < -0.39 is 10.8 Å². The second-order valence-electron chi connectivity index (χ2n) is 13.2. The average Bonchev–Trinajstić information content (AvgIpc) is 3.02. The molecule has 5 aromatic rings. The molecule has 1 aromatic heterocycles. The zero-order valence-electron chi connectivity index (χ0n) is 27.2. The summed E-state index contributed by atoms with van der Waals surface area (Å²) in [6, 6.07) is 33.7. The molecule has 0 fully saturated rings. The molecular weight excluding hydrogens is 770 g/mol. The second-order valence-corrected chi connectivity index (χ2v) is 15.3. The number of carbonyl (C=O) groups is 1. The van der Waals surface area contributed by atoms with Crippen molar-refractivity contribution in [2.45, 2.75) is 61.1 Å². The molecule has 4 aromatic carbocycles. The fourth-order valence-corrected chi connectivity index (χ4v) is 7.75. The third kappa shape index (κ3) is 6.73. The summed E-state index contributed by atoms with van der Waals surface area (Å²) in [7, 11) is 0. The zero-order chi connectivity index (χ0) is 32.1. The molecule has 0 spiro atoms. The smallest absolute Gasteiger partial charge is 0.228 e. The Morgan fingerprint density at radius 3 is 2.20 bits per heavy atom. The number of ketones is 1. The van der Waals surface area contributed by atoms with Crippen LogP contribution in [0.1, 0.15) is 42.9 Å². The first-order valence-corrected chi connectivity index (χ1v) is 16.4. The van der Waals surface area contributed by atoms with Gasteiger partial charge in [0.1, 0.15) is 5.76 Å². The molecule has 7 rings (SSSR count). The number of allylic oxidation sites excluding steroid dienone is 2. The molecule has 0 saturated carbocycles. The van der Waals surface area contributed by atoms with Crippen LogP contribution in [-0.2, 0) is 24.9 Å². The summed E-state index contributed by atoms with van der Waals surface area (Å²) in [4.78, 5) is 21.8. The van der Waals surface area contributed by atoms with Crippen LogP contribution in [0, 0.1) is 16.9 Å². The first-order valence-electron chi connectivity index (χ1n) is 15.3. The number of hydrogen-bond donors (Lipinski definition) is 1. The van der Waals surface area contributed by atoms with E-state index in [1.807, 2.05) is 29.7 Å². The van der Waals surface area contributed by atoms with E-state index in [4.69, 9.17) is 6.35 Å². The van der Waals surface area contributed by atoms with Crippen molar-refractivity contribution < 1.29 is 31.4 Å². The number of pyridine rings is 1. The molecule has 3 nitrogen and oxygen atoms in total. The van der Waals surface area contributed by atoms with Gasteiger partial charge in [0.05, 0.1) is 1.37 Å². The van der Waals surface area contributed by atoms with Crippen molar-refractivity contribution in [3.8, 4) is 11.3 Å². The summed E-state index contributed by atoms with van der Waals surface area (Å²) in [6.07, 6.45) is 1.98. The minimum absolute atomic E-state index is 0. The SMILES string of the molecule is [2H]/C(C(=O)C(C)(C)C)=C(/O)C(C)(C)C.[Ir].[c-]1ccc2c(c1-c1cc3ccccc3cn1)Sc1cccc3c1B2c1ccccc1S3. The van der Waals surface area contributed by atoms with Gasteiger partial charge < -0.3 is 10.1 Å². The second kappa shape index (κ2) is 13.0. The Hall–Kier alpha value is -3.09. The molecule has 229 valence electrons. The van der Waals surface area contributed by atoms with Crippen molar-refractivity contribution in [1.29, 1.82) is 0 Å². The van der Waals surface area contributed by atoms with Gasteiger partial charge in [0.25, 0.3) is 0 Å². The summed E-state index contributed by atoms with van der Waals surface area (Å²) in [6.45, 7) is 10.8. The molecule has 7 heteroatoms. The number of nitrogens with zero attached hydrogens (tertiary/aromatic N) is 1. The predicted molar refractivity (Wildman–Crippen MR) is 186 cm³/mol. The van der Waals surface area contributed by atoms with Crippen molar-refractivity contribution in [1.82, 2.24) is 4.98 Å². The minimum atomic E-state index is -0.615. The normalized spacial score (nSPS) is 14.0. The van der Waals surface area contributed by atoms with Crippen LogP contribution in [0.2, 0.25) is 0 Å². The Morgan fingerprint density at radius 2 is 1.49 bits per heavy atom. The molecule has 0 aliphatic carbocycles. The Labute approximate surface area is 290 Å². The van der Waals surface area contributed by atoms with Crippen LogP contribution in [0.4, 0.5) is 0 Å². The van der Waals surface area contributed by atoms with Gasteiger partial charge in [-0.1, -0.05) is 118 Å². The Morgan fingerprint density at radius 1 is 0.844 bits per heavy atom. The van der Waals surface area contributed by atoms with Crippen LogP contribution in [0.15, 0.2) is 123 Å². The molecule has 2 aliphatic heterocycles. The van der Waals surface area contributed by atoms with E-state index in [0.29, 0.717) is 0 Å². The van der Waals surface area contributed by atoms with E-state index in [1.54, 1.807) is 41.5 Å². The molecular formula is C38H35BIrNO2S2-. The molecule has 1 N–H and O–H groups in total. The number of aliphatic hydroxyl groups excluding tert-OH is 1. The van der Waals surface area contributed by atoms with E-state index in [9.17, 15) is 9.90 Å². The predicted octanol–water partition coefficient (Wildman–Crippen LogP) is 8.23. The van der Waals surface area contributed by atoms with Crippen LogP contribution in [-0.4, -0.2) is 22.6 Å². The maximum absolute atomic E-state index is 11.6. The van der Waals surface area contributed by atoms with Gasteiger partial charge in [-0.3, -0.25) is 4.79 Å². The number of aromatic nitrogens is 1. The zero-order valence-corrected chi connectivity index (χ0v) is 30.2. The van der Waals surface area contributed by atoms with E-state index in [-0.39, 0.29) is 44.4 Å². The van der Waals surface area contributed by atoms with Crippen molar-refractivity contribution >= 4 is 63.2 Å². The fraction of sp³-hybridized carbons (Fsp3) is 0.211. The Kier molecular flexibility index (Phi) is 9.18. The number of fused-ring (bicyclic) bond motifs is 5. The van der Waals surface area contributed by atoms with E-state index in [0.717, 1.165) is 16.6 Å². The maximum atomic E-state index is 11.6. The third-order valence-corrected chi connectivity index (χ3v) is 10.2. The van der Waals surface area contributed by atoms with Crippen molar-refractivity contribution in [2.24, 2.45) is 10.8 Å². The number of hydrogen-bond acceptors (Lipinski definition) is 5. The average molecular weight is 806 g/mol. The quantitative estimate of drug-likeness (QED) is 0.0827. The molecule has 3 heterocycles. The Balaban J connectivity index is 0.000000239. The van der Waals surface area contributed by atoms with Crippen LogP contribution in [0.5, 0.6) is 0 Å². The van der Waals surface area contributed by atoms with Crippen molar-refractivity contribution in [3.63, 3.8) is 0 Å². The maximum Gasteiger partial charge on any atom is 0.228 e. The van der Waals surface area contributed by atoms with Crippen molar-refractivity contribution in [2.75, 3.05) is 0 Å². The molecule has 0 saturated heterocycles. The van der Waals surface area contributed by atoms with Gasteiger partial charge in [-0.2, -0.15) is 0 Å². The van der Waals surface area contributed by atoms with E-state index >= 15 is 0 Å². The van der Waals surface area contributed by atoms with E-state index in [2.05, 4.69) is 91.0 Å². The number of benzene rings is 4. The summed E-state index contributed by atoms with van der Waals surface area (Å²) in [5.74, 6) is -0.470. The first kappa shape index (κ1) is 31.9. The first-order chi connectivity index (χ1) is 21.3. The number of rotatable bonds is 2. The summed E-state index contributed by atoms with van der Waals surface area (Å²) in [5.41, 5.74) is 5.14. The summed E-state index contributed by atoms with van der Waals surface area (Å²) in [5, 5.41) is 12.0. The van der Waals surface area contributed by atoms with Gasteiger partial charge >= 0.3 is 0 Å². The van der Waals surface area contributed by atoms with E-state index in [1.165, 1.54) is 41.4 Å². The molecule has 2 aliphatic rings. The summed E-state index contributed by atoms with van der Waals surface area (Å²) < 4.78 is 7.58. The fourth-order valence-electron chi connectivity index (χ4n) is 5.24. The number of carbonyl (C=O) groups excluding carboxylic acids is 1. The molecule has 1 radical (unpaired) electrons. The summed E-state index contributed by atoms with van der Waals surface area (Å²) >= 11 is 3.76. The molecule has 45 heavy (non-hydrogen) atoms. The Bertz CT molecular complexity index is 2000. The van der Waals surface area contributed by atoms with Gasteiger partial charge in [-0.25, -0.2) is 0 Å². The largest absolute Gasteiger partial charge is 0.512 e. The van der Waals surface area contributed by atoms with Crippen LogP contribution < -0.4 is 16.4 Å². The van der Waals surface area contributed by atoms with Crippen LogP contribution in [0.25, 0.3) is 22.0 Å². The topological polar surface area (TPSA) is 50.2 Å². The molecule has 0 amide bonds. The minimum Gasteiger partial charge on any atom is -0.512 e. The standard InChI is InChI=1S/C27H15BNS2.C11H20O2.Ir/c1-2-8-18-16-29-22(15-17(18)7-1)19-9-5-11-21-27(19)31-25-14-6-13-24-26(25)28(21)20-10-3-4-12-23(20)30-24;1-10(2,3)8(12)7-9(13)11(4,5)6;/h1-8,10-16H;7,12H,1-6H3;/q-1;;/b;8-7-;/i;7D;.